The summed E-state index contributed by atoms with van der Waals surface area (Å²) in [5.74, 6) is 0. The lowest BCUT2D eigenvalue weighted by molar-refractivity contribution is -0.139. The molecule has 132 valence electrons. The van der Waals surface area contributed by atoms with Gasteiger partial charge in [-0.1, -0.05) is 0 Å². The topological polar surface area (TPSA) is 121 Å². The summed E-state index contributed by atoms with van der Waals surface area (Å²) in [5.41, 5.74) is -4.65. The molecular formula is C12H12F3N3O5S. The molecule has 0 aliphatic carbocycles. The van der Waals surface area contributed by atoms with E-state index in [1.807, 2.05) is 4.98 Å². The standard InChI is InChI=1S/C12H12F3N3O5S/c1-5(19)6-3-7-9(4-8(6)12(13,14)15)16-11(21)18(10(7)20)17-24(2,22)23/h3-5,17,19H,1-2H3,(H,16,21)/t5-/m1/s1. The van der Waals surface area contributed by atoms with Crippen molar-refractivity contribution in [1.29, 1.82) is 0 Å². The largest absolute Gasteiger partial charge is 0.416 e. The molecule has 1 aromatic carbocycles. The van der Waals surface area contributed by atoms with Crippen molar-refractivity contribution in [1.82, 2.24) is 9.66 Å². The molecule has 1 heterocycles. The summed E-state index contributed by atoms with van der Waals surface area (Å²) in [6.45, 7) is 1.08. The Hall–Kier alpha value is -2.34. The second kappa shape index (κ2) is 5.63. The number of aromatic amines is 1. The van der Waals surface area contributed by atoms with Crippen LogP contribution in [0, 0.1) is 0 Å². The van der Waals surface area contributed by atoms with Crippen molar-refractivity contribution < 1.29 is 26.7 Å². The molecule has 24 heavy (non-hydrogen) atoms. The van der Waals surface area contributed by atoms with Gasteiger partial charge >= 0.3 is 11.9 Å². The second-order valence-electron chi connectivity index (χ2n) is 5.09. The van der Waals surface area contributed by atoms with Crippen LogP contribution in [0.25, 0.3) is 10.9 Å². The maximum absolute atomic E-state index is 13.1. The number of rotatable bonds is 3. The zero-order valence-electron chi connectivity index (χ0n) is 12.3. The van der Waals surface area contributed by atoms with Crippen LogP contribution >= 0.6 is 0 Å². The van der Waals surface area contributed by atoms with Crippen molar-refractivity contribution in [2.45, 2.75) is 19.2 Å². The molecule has 0 saturated carbocycles. The van der Waals surface area contributed by atoms with Crippen LogP contribution < -0.4 is 16.1 Å². The van der Waals surface area contributed by atoms with Crippen LogP contribution in [0.3, 0.4) is 0 Å². The Morgan fingerprint density at radius 1 is 1.29 bits per heavy atom. The van der Waals surface area contributed by atoms with Gasteiger partial charge in [0, 0.05) is 0 Å². The fourth-order valence-corrected chi connectivity index (χ4v) is 2.62. The highest BCUT2D eigenvalue weighted by molar-refractivity contribution is 7.91. The Balaban J connectivity index is 2.90. The van der Waals surface area contributed by atoms with Crippen molar-refractivity contribution in [3.8, 4) is 0 Å². The second-order valence-corrected chi connectivity index (χ2v) is 6.82. The fourth-order valence-electron chi connectivity index (χ4n) is 2.12. The number of alkyl halides is 3. The molecule has 0 spiro atoms. The molecule has 8 nitrogen and oxygen atoms in total. The number of hydrogen-bond acceptors (Lipinski definition) is 5. The first-order chi connectivity index (χ1) is 10.8. The Kier molecular flexibility index (Phi) is 4.22. The summed E-state index contributed by atoms with van der Waals surface area (Å²) in [4.78, 5) is 27.6. The number of nitrogens with zero attached hydrogens (tertiary/aromatic N) is 1. The number of nitrogens with one attached hydrogen (secondary N) is 2. The molecule has 2 aromatic rings. The highest BCUT2D eigenvalue weighted by Crippen LogP contribution is 2.36. The minimum atomic E-state index is -4.82. The van der Waals surface area contributed by atoms with Crippen molar-refractivity contribution in [2.24, 2.45) is 0 Å². The smallest absolute Gasteiger partial charge is 0.389 e. The SMILES string of the molecule is C[C@@H](O)c1cc2c(=O)n(NS(C)(=O)=O)c(=O)[nH]c2cc1C(F)(F)F. The quantitative estimate of drug-likeness (QED) is 0.719. The summed E-state index contributed by atoms with van der Waals surface area (Å²) in [5, 5.41) is 9.14. The third kappa shape index (κ3) is 3.43. The van der Waals surface area contributed by atoms with E-state index in [9.17, 15) is 36.3 Å². The van der Waals surface area contributed by atoms with E-state index in [-0.39, 0.29) is 4.68 Å². The lowest BCUT2D eigenvalue weighted by Gasteiger charge is -2.16. The van der Waals surface area contributed by atoms with Crippen LogP contribution in [0.15, 0.2) is 21.7 Å². The van der Waals surface area contributed by atoms with E-state index in [0.717, 1.165) is 13.0 Å². The predicted octanol–water partition coefficient (Wildman–Crippen LogP) is 0.265. The van der Waals surface area contributed by atoms with Gasteiger partial charge in [0.2, 0.25) is 10.0 Å². The van der Waals surface area contributed by atoms with Gasteiger partial charge in [0.25, 0.3) is 5.56 Å². The van der Waals surface area contributed by atoms with Gasteiger partial charge in [-0.2, -0.15) is 17.8 Å². The molecule has 3 N–H and O–H groups in total. The maximum Gasteiger partial charge on any atom is 0.416 e. The number of H-pyrrole nitrogens is 1. The Labute approximate surface area is 132 Å². The number of aliphatic hydroxyl groups is 1. The van der Waals surface area contributed by atoms with E-state index in [2.05, 4.69) is 0 Å². The first kappa shape index (κ1) is 18.0. The molecule has 2 rings (SSSR count). The van der Waals surface area contributed by atoms with Gasteiger partial charge in [-0.05, 0) is 24.6 Å². The minimum Gasteiger partial charge on any atom is -0.389 e. The van der Waals surface area contributed by atoms with Gasteiger partial charge in [-0.25, -0.2) is 18.0 Å². The summed E-state index contributed by atoms with van der Waals surface area (Å²) < 4.78 is 61.7. The number of fused-ring (bicyclic) bond motifs is 1. The molecule has 0 saturated heterocycles. The van der Waals surface area contributed by atoms with Gasteiger partial charge in [-0.15, -0.1) is 0 Å². The molecule has 0 aliphatic heterocycles. The zero-order chi connectivity index (χ0) is 18.4. The Morgan fingerprint density at radius 2 is 1.88 bits per heavy atom. The molecule has 0 radical (unpaired) electrons. The molecular weight excluding hydrogens is 355 g/mol. The van der Waals surface area contributed by atoms with Crippen LogP contribution in [0.1, 0.15) is 24.2 Å². The minimum absolute atomic E-state index is 0.122. The van der Waals surface area contributed by atoms with E-state index in [1.165, 1.54) is 0 Å². The first-order valence-corrected chi connectivity index (χ1v) is 8.26. The van der Waals surface area contributed by atoms with Crippen molar-refractivity contribution in [3.05, 3.63) is 44.1 Å². The molecule has 0 bridgehead atoms. The van der Waals surface area contributed by atoms with E-state index in [4.69, 9.17) is 0 Å². The number of aliphatic hydroxyl groups excluding tert-OH is 1. The highest BCUT2D eigenvalue weighted by atomic mass is 32.2. The van der Waals surface area contributed by atoms with E-state index in [0.29, 0.717) is 12.3 Å². The normalized spacial score (nSPS) is 13.9. The highest BCUT2D eigenvalue weighted by Gasteiger charge is 2.35. The van der Waals surface area contributed by atoms with Crippen LogP contribution in [0.2, 0.25) is 0 Å². The van der Waals surface area contributed by atoms with Crippen LogP contribution in [0.5, 0.6) is 0 Å². The van der Waals surface area contributed by atoms with Gasteiger partial charge < -0.3 is 10.1 Å². The first-order valence-electron chi connectivity index (χ1n) is 6.37. The van der Waals surface area contributed by atoms with Crippen molar-refractivity contribution in [3.63, 3.8) is 0 Å². The van der Waals surface area contributed by atoms with E-state index >= 15 is 0 Å². The molecule has 0 fully saturated rings. The number of benzene rings is 1. The molecule has 1 aromatic heterocycles. The summed E-state index contributed by atoms with van der Waals surface area (Å²) in [6.07, 6.45) is -5.68. The summed E-state index contributed by atoms with van der Waals surface area (Å²) in [6, 6.07) is 1.28. The maximum atomic E-state index is 13.1. The third-order valence-corrected chi connectivity index (χ3v) is 3.59. The van der Waals surface area contributed by atoms with E-state index < -0.39 is 55.6 Å². The van der Waals surface area contributed by atoms with E-state index in [1.54, 1.807) is 4.83 Å². The summed E-state index contributed by atoms with van der Waals surface area (Å²) >= 11 is 0. The summed E-state index contributed by atoms with van der Waals surface area (Å²) in [7, 11) is -3.99. The predicted molar refractivity (Wildman–Crippen MR) is 78.7 cm³/mol. The lowest BCUT2D eigenvalue weighted by Crippen LogP contribution is -2.43. The van der Waals surface area contributed by atoms with Gasteiger partial charge in [-0.3, -0.25) is 4.79 Å². The van der Waals surface area contributed by atoms with Gasteiger partial charge in [0.15, 0.2) is 0 Å². The lowest BCUT2D eigenvalue weighted by atomic mass is 10.00. The molecule has 12 heteroatoms. The average molecular weight is 367 g/mol. The monoisotopic (exact) mass is 367 g/mol. The number of halogens is 3. The number of aromatic nitrogens is 2. The number of sulfonamides is 1. The fraction of sp³-hybridized carbons (Fsp3) is 0.333. The number of hydrogen-bond donors (Lipinski definition) is 3. The molecule has 1 atom stereocenters. The average Bonchev–Trinajstić information content (AvgIpc) is 2.40. The third-order valence-electron chi connectivity index (χ3n) is 3.08. The van der Waals surface area contributed by atoms with Crippen LogP contribution in [-0.2, 0) is 16.2 Å². The van der Waals surface area contributed by atoms with Gasteiger partial charge in [0.05, 0.1) is 28.8 Å². The van der Waals surface area contributed by atoms with Crippen molar-refractivity contribution >= 4 is 20.9 Å². The molecule has 0 amide bonds. The zero-order valence-corrected chi connectivity index (χ0v) is 13.1. The van der Waals surface area contributed by atoms with Gasteiger partial charge in [0.1, 0.15) is 0 Å². The van der Waals surface area contributed by atoms with Crippen molar-refractivity contribution in [2.75, 3.05) is 11.1 Å². The molecule has 0 unspecified atom stereocenters. The molecule has 0 aliphatic rings. The Morgan fingerprint density at radius 3 is 2.33 bits per heavy atom. The van der Waals surface area contributed by atoms with Crippen LogP contribution in [0.4, 0.5) is 13.2 Å². The Bertz CT molecular complexity index is 1020. The van der Waals surface area contributed by atoms with Crippen LogP contribution in [-0.4, -0.2) is 29.4 Å².